The highest BCUT2D eigenvalue weighted by Crippen LogP contribution is 2.22. The molecule has 0 unspecified atom stereocenters. The van der Waals surface area contributed by atoms with Gasteiger partial charge in [0.15, 0.2) is 5.69 Å². The van der Waals surface area contributed by atoms with Gasteiger partial charge in [0.2, 0.25) is 0 Å². The molecule has 3 rings (SSSR count). The second-order valence-electron chi connectivity index (χ2n) is 5.65. The number of carbonyl (C=O) groups is 1. The Hall–Kier alpha value is -1.92. The molecule has 1 N–H and O–H groups in total. The fraction of sp³-hybridized carbons (Fsp3) is 0.438. The van der Waals surface area contributed by atoms with Gasteiger partial charge in [0.1, 0.15) is 0 Å². The number of aromatic nitrogens is 3. The van der Waals surface area contributed by atoms with E-state index in [1.165, 1.54) is 0 Å². The summed E-state index contributed by atoms with van der Waals surface area (Å²) in [6.45, 7) is 3.89. The molecule has 124 valence electrons. The van der Waals surface area contributed by atoms with Crippen LogP contribution in [-0.4, -0.2) is 41.0 Å². The first kappa shape index (κ1) is 17.4. The molecule has 6 nitrogen and oxygen atoms in total. The van der Waals surface area contributed by atoms with Crippen LogP contribution in [0.4, 0.5) is 5.69 Å². The normalized spacial score (nSPS) is 15.0. The fourth-order valence-electron chi connectivity index (χ4n) is 2.86. The van der Waals surface area contributed by atoms with Crippen LogP contribution in [0.3, 0.4) is 0 Å². The van der Waals surface area contributed by atoms with Crippen LogP contribution in [0.1, 0.15) is 35.1 Å². The summed E-state index contributed by atoms with van der Waals surface area (Å²) in [6, 6.07) is 9.91. The maximum Gasteiger partial charge on any atom is 0.280 e. The Morgan fingerprint density at radius 2 is 1.91 bits per heavy atom. The molecule has 0 radical (unpaired) electrons. The Bertz CT molecular complexity index is 652. The number of anilines is 1. The maximum atomic E-state index is 12.7. The minimum Gasteiger partial charge on any atom is -0.317 e. The van der Waals surface area contributed by atoms with Gasteiger partial charge in [-0.15, -0.1) is 17.5 Å². The van der Waals surface area contributed by atoms with Gasteiger partial charge in [-0.25, -0.2) is 4.68 Å². The molecule has 1 saturated heterocycles. The van der Waals surface area contributed by atoms with Gasteiger partial charge in [-0.2, -0.15) is 0 Å². The summed E-state index contributed by atoms with van der Waals surface area (Å²) >= 11 is 0. The van der Waals surface area contributed by atoms with Crippen LogP contribution >= 0.6 is 12.4 Å². The molecule has 1 aliphatic heterocycles. The highest BCUT2D eigenvalue weighted by molar-refractivity contribution is 6.04. The predicted molar refractivity (Wildman–Crippen MR) is 92.3 cm³/mol. The van der Waals surface area contributed by atoms with Crippen molar-refractivity contribution in [3.63, 3.8) is 0 Å². The van der Waals surface area contributed by atoms with E-state index < -0.39 is 0 Å². The lowest BCUT2D eigenvalue weighted by Crippen LogP contribution is -2.30. The Morgan fingerprint density at radius 1 is 1.26 bits per heavy atom. The monoisotopic (exact) mass is 335 g/mol. The Balaban J connectivity index is 0.00000192. The first-order chi connectivity index (χ1) is 10.7. The highest BCUT2D eigenvalue weighted by atomic mass is 35.5. The van der Waals surface area contributed by atoms with Gasteiger partial charge in [-0.05, 0) is 45.0 Å². The minimum atomic E-state index is -0.121. The van der Waals surface area contributed by atoms with E-state index in [1.54, 1.807) is 11.9 Å². The molecule has 23 heavy (non-hydrogen) atoms. The Morgan fingerprint density at radius 3 is 2.57 bits per heavy atom. The van der Waals surface area contributed by atoms with Gasteiger partial charge < -0.3 is 10.2 Å². The molecule has 0 bridgehead atoms. The molecule has 1 fully saturated rings. The van der Waals surface area contributed by atoms with E-state index in [2.05, 4.69) is 15.6 Å². The summed E-state index contributed by atoms with van der Waals surface area (Å²) in [5, 5.41) is 11.7. The lowest BCUT2D eigenvalue weighted by atomic mass is 10.1. The van der Waals surface area contributed by atoms with Crippen molar-refractivity contribution in [2.45, 2.75) is 25.8 Å². The van der Waals surface area contributed by atoms with Gasteiger partial charge in [0.05, 0.1) is 11.7 Å². The molecule has 7 heteroatoms. The van der Waals surface area contributed by atoms with Gasteiger partial charge in [-0.1, -0.05) is 23.4 Å². The molecule has 2 aromatic rings. The van der Waals surface area contributed by atoms with Crippen LogP contribution in [0, 0.1) is 6.92 Å². The lowest BCUT2D eigenvalue weighted by molar-refractivity contribution is 0.0987. The first-order valence-corrected chi connectivity index (χ1v) is 7.64. The van der Waals surface area contributed by atoms with Crippen molar-refractivity contribution in [3.8, 4) is 0 Å². The molecule has 0 saturated carbocycles. The third kappa shape index (κ3) is 3.54. The standard InChI is InChI=1S/C16H21N5O.ClH/c1-12-15(16(22)20(2)13-6-4-3-5-7-13)18-19-21(12)14-8-10-17-11-9-14;/h3-7,14,17H,8-11H2,1-2H3;1H. The van der Waals surface area contributed by atoms with E-state index in [-0.39, 0.29) is 18.3 Å². The third-order valence-corrected chi connectivity index (χ3v) is 4.23. The molecule has 1 amide bonds. The number of nitrogens with one attached hydrogen (secondary N) is 1. The van der Waals surface area contributed by atoms with Gasteiger partial charge in [0, 0.05) is 12.7 Å². The van der Waals surface area contributed by atoms with E-state index in [0.717, 1.165) is 37.3 Å². The van der Waals surface area contributed by atoms with E-state index in [4.69, 9.17) is 0 Å². The molecule has 0 atom stereocenters. The molecule has 1 aromatic heterocycles. The zero-order valence-electron chi connectivity index (χ0n) is 13.4. The van der Waals surface area contributed by atoms with Crippen molar-refractivity contribution in [1.82, 2.24) is 20.3 Å². The number of amides is 1. The number of halogens is 1. The molecule has 2 heterocycles. The number of hydrogen-bond donors (Lipinski definition) is 1. The van der Waals surface area contributed by atoms with Crippen molar-refractivity contribution in [3.05, 3.63) is 41.7 Å². The zero-order chi connectivity index (χ0) is 15.5. The van der Waals surface area contributed by atoms with Crippen LogP contribution < -0.4 is 10.2 Å². The van der Waals surface area contributed by atoms with Crippen LogP contribution in [-0.2, 0) is 0 Å². The Kier molecular flexibility index (Phi) is 5.74. The molecular weight excluding hydrogens is 314 g/mol. The van der Waals surface area contributed by atoms with Crippen LogP contribution in [0.2, 0.25) is 0 Å². The second kappa shape index (κ2) is 7.57. The second-order valence-corrected chi connectivity index (χ2v) is 5.65. The van der Waals surface area contributed by atoms with Crippen LogP contribution in [0.5, 0.6) is 0 Å². The number of hydrogen-bond acceptors (Lipinski definition) is 4. The maximum absolute atomic E-state index is 12.7. The van der Waals surface area contributed by atoms with Crippen molar-refractivity contribution in [1.29, 1.82) is 0 Å². The topological polar surface area (TPSA) is 63.1 Å². The van der Waals surface area contributed by atoms with Gasteiger partial charge in [0.25, 0.3) is 5.91 Å². The number of piperidine rings is 1. The smallest absolute Gasteiger partial charge is 0.280 e. The molecular formula is C16H22ClN5O. The summed E-state index contributed by atoms with van der Waals surface area (Å²) in [6.07, 6.45) is 2.04. The molecule has 0 spiro atoms. The summed E-state index contributed by atoms with van der Waals surface area (Å²) in [7, 11) is 1.76. The van der Waals surface area contributed by atoms with E-state index in [9.17, 15) is 4.79 Å². The van der Waals surface area contributed by atoms with E-state index in [0.29, 0.717) is 11.7 Å². The Labute approximate surface area is 142 Å². The van der Waals surface area contributed by atoms with Gasteiger partial charge >= 0.3 is 0 Å². The van der Waals surface area contributed by atoms with Crippen molar-refractivity contribution >= 4 is 24.0 Å². The average molecular weight is 336 g/mol. The van der Waals surface area contributed by atoms with Gasteiger partial charge in [-0.3, -0.25) is 4.79 Å². The SMILES string of the molecule is Cc1c(C(=O)N(C)c2ccccc2)nnn1C1CCNCC1.Cl. The number of carbonyl (C=O) groups excluding carboxylic acids is 1. The minimum absolute atomic E-state index is 0. The third-order valence-electron chi connectivity index (χ3n) is 4.23. The highest BCUT2D eigenvalue weighted by Gasteiger charge is 2.25. The van der Waals surface area contributed by atoms with E-state index >= 15 is 0 Å². The average Bonchev–Trinajstić information content (AvgIpc) is 2.96. The summed E-state index contributed by atoms with van der Waals surface area (Å²) < 4.78 is 1.91. The number of nitrogens with zero attached hydrogens (tertiary/aromatic N) is 4. The molecule has 1 aliphatic rings. The summed E-state index contributed by atoms with van der Waals surface area (Å²) in [5.41, 5.74) is 2.13. The van der Waals surface area contributed by atoms with Crippen molar-refractivity contribution in [2.75, 3.05) is 25.0 Å². The summed E-state index contributed by atoms with van der Waals surface area (Å²) in [4.78, 5) is 14.3. The molecule has 0 aliphatic carbocycles. The first-order valence-electron chi connectivity index (χ1n) is 7.64. The largest absolute Gasteiger partial charge is 0.317 e. The van der Waals surface area contributed by atoms with E-state index in [1.807, 2.05) is 41.9 Å². The lowest BCUT2D eigenvalue weighted by Gasteiger charge is -2.23. The number of rotatable bonds is 3. The van der Waals surface area contributed by atoms with Crippen LogP contribution in [0.25, 0.3) is 0 Å². The predicted octanol–water partition coefficient (Wildman–Crippen LogP) is 2.21. The van der Waals surface area contributed by atoms with Crippen LogP contribution in [0.15, 0.2) is 30.3 Å². The fourth-order valence-corrected chi connectivity index (χ4v) is 2.86. The molecule has 1 aromatic carbocycles. The van der Waals surface area contributed by atoms with Crippen molar-refractivity contribution < 1.29 is 4.79 Å². The summed E-state index contributed by atoms with van der Waals surface area (Å²) in [5.74, 6) is -0.121. The zero-order valence-corrected chi connectivity index (χ0v) is 14.2. The quantitative estimate of drug-likeness (QED) is 0.934. The number of benzene rings is 1. The van der Waals surface area contributed by atoms with Crippen molar-refractivity contribution in [2.24, 2.45) is 0 Å². The number of para-hydroxylation sites is 1.